The molecule has 0 saturated heterocycles. The molecule has 2 aliphatic rings. The van der Waals surface area contributed by atoms with Crippen LogP contribution >= 0.6 is 0 Å². The van der Waals surface area contributed by atoms with Crippen LogP contribution in [0.2, 0.25) is 0 Å². The van der Waals surface area contributed by atoms with E-state index in [4.69, 9.17) is 5.26 Å². The van der Waals surface area contributed by atoms with Gasteiger partial charge in [0.2, 0.25) is 0 Å². The first-order valence-corrected chi connectivity index (χ1v) is 9.94. The van der Waals surface area contributed by atoms with E-state index >= 15 is 0 Å². The van der Waals surface area contributed by atoms with Crippen molar-refractivity contribution < 1.29 is 4.79 Å². The average Bonchev–Trinajstić information content (AvgIpc) is 3.27. The van der Waals surface area contributed by atoms with E-state index in [1.807, 2.05) is 12.3 Å². The van der Waals surface area contributed by atoms with Crippen LogP contribution in [0.1, 0.15) is 55.2 Å². The van der Waals surface area contributed by atoms with Crippen molar-refractivity contribution in [3.8, 4) is 6.07 Å². The van der Waals surface area contributed by atoms with E-state index < -0.39 is 0 Å². The third-order valence-electron chi connectivity index (χ3n) is 5.92. The first-order chi connectivity index (χ1) is 13.7. The van der Waals surface area contributed by atoms with E-state index in [1.54, 1.807) is 12.3 Å². The molecular weight excluding hydrogens is 352 g/mol. The molecule has 5 rings (SSSR count). The monoisotopic (exact) mass is 374 g/mol. The summed E-state index contributed by atoms with van der Waals surface area (Å²) in [5, 5.41) is 13.0. The number of H-pyrrole nitrogens is 1. The smallest absolute Gasteiger partial charge is 0.287 e. The number of nitriles is 1. The number of carbonyl (C=O) groups is 1. The predicted octanol–water partition coefficient (Wildman–Crippen LogP) is 3.62. The molecule has 1 amide bonds. The van der Waals surface area contributed by atoms with Crippen molar-refractivity contribution in [2.45, 2.75) is 44.6 Å². The lowest BCUT2D eigenvalue weighted by Crippen LogP contribution is -2.30. The molecule has 142 valence electrons. The third kappa shape index (κ3) is 2.95. The third-order valence-corrected chi connectivity index (χ3v) is 5.92. The summed E-state index contributed by atoms with van der Waals surface area (Å²) < 4.78 is 2.12. The lowest BCUT2D eigenvalue weighted by Gasteiger charge is -2.27. The van der Waals surface area contributed by atoms with Gasteiger partial charge in [-0.1, -0.05) is 5.57 Å². The molecule has 2 aliphatic carbocycles. The van der Waals surface area contributed by atoms with E-state index in [2.05, 4.69) is 30.9 Å². The molecular formula is C21H22N6O. The normalized spacial score (nSPS) is 19.7. The molecule has 0 bridgehead atoms. The van der Waals surface area contributed by atoms with Crippen molar-refractivity contribution in [1.29, 1.82) is 5.26 Å². The van der Waals surface area contributed by atoms with Gasteiger partial charge in [-0.05, 0) is 50.5 Å². The molecule has 0 aromatic carbocycles. The summed E-state index contributed by atoms with van der Waals surface area (Å²) in [6, 6.07) is 4.32. The minimum Gasteiger partial charge on any atom is -0.349 e. The highest BCUT2D eigenvalue weighted by Crippen LogP contribution is 2.36. The molecule has 3 aromatic rings. The maximum absolute atomic E-state index is 13.0. The van der Waals surface area contributed by atoms with Gasteiger partial charge in [0.05, 0.1) is 17.8 Å². The number of aromatic nitrogens is 4. The molecule has 3 heterocycles. The minimum atomic E-state index is -0.106. The number of pyridine rings is 1. The number of imidazole rings is 1. The molecule has 28 heavy (non-hydrogen) atoms. The Bertz CT molecular complexity index is 1120. The number of hydrogen-bond donors (Lipinski definition) is 2. The number of nitrogens with one attached hydrogen (secondary N) is 2. The van der Waals surface area contributed by atoms with Gasteiger partial charge >= 0.3 is 0 Å². The average molecular weight is 374 g/mol. The fourth-order valence-corrected chi connectivity index (χ4v) is 4.21. The second kappa shape index (κ2) is 6.79. The molecule has 0 aliphatic heterocycles. The molecule has 2 fully saturated rings. The SMILES string of the molecule is N#CC=C1CCC(n2c(C(=O)NCC3CC3)nc3cnc4[nH]ccc4c32)CC1. The van der Waals surface area contributed by atoms with Crippen LogP contribution in [0.5, 0.6) is 0 Å². The number of rotatable bonds is 4. The van der Waals surface area contributed by atoms with Crippen LogP contribution in [0.25, 0.3) is 22.1 Å². The van der Waals surface area contributed by atoms with Crippen LogP contribution in [0.15, 0.2) is 30.1 Å². The number of amides is 1. The van der Waals surface area contributed by atoms with Gasteiger partial charge in [0, 0.05) is 30.2 Å². The van der Waals surface area contributed by atoms with Crippen LogP contribution in [0.3, 0.4) is 0 Å². The Kier molecular flexibility index (Phi) is 4.12. The standard InChI is InChI=1S/C21H22N6O/c22-9-7-13-3-5-15(6-4-13)27-18-16-8-10-23-19(16)24-12-17(18)26-20(27)21(28)25-11-14-1-2-14/h7-8,10,12,14-15H,1-6,11H2,(H,23,24)(H,25,28). The fourth-order valence-electron chi connectivity index (χ4n) is 4.21. The summed E-state index contributed by atoms with van der Waals surface area (Å²) in [4.78, 5) is 25.2. The lowest BCUT2D eigenvalue weighted by atomic mass is 9.90. The van der Waals surface area contributed by atoms with Gasteiger partial charge in [-0.25, -0.2) is 9.97 Å². The largest absolute Gasteiger partial charge is 0.349 e. The predicted molar refractivity (Wildman–Crippen MR) is 106 cm³/mol. The van der Waals surface area contributed by atoms with E-state index in [0.717, 1.165) is 54.3 Å². The molecule has 2 saturated carbocycles. The van der Waals surface area contributed by atoms with E-state index in [9.17, 15) is 4.79 Å². The zero-order valence-corrected chi connectivity index (χ0v) is 15.6. The van der Waals surface area contributed by atoms with Gasteiger partial charge in [-0.15, -0.1) is 0 Å². The zero-order chi connectivity index (χ0) is 19.1. The number of allylic oxidation sites excluding steroid dienone is 2. The van der Waals surface area contributed by atoms with Gasteiger partial charge in [-0.3, -0.25) is 4.79 Å². The Morgan fingerprint density at radius 2 is 2.18 bits per heavy atom. The number of aromatic amines is 1. The fraction of sp³-hybridized carbons (Fsp3) is 0.429. The maximum Gasteiger partial charge on any atom is 0.287 e. The Morgan fingerprint density at radius 3 is 2.93 bits per heavy atom. The molecule has 3 aromatic heterocycles. The van der Waals surface area contributed by atoms with Crippen LogP contribution in [-0.2, 0) is 0 Å². The summed E-state index contributed by atoms with van der Waals surface area (Å²) in [5.41, 5.74) is 3.72. The number of carbonyl (C=O) groups excluding carboxylic acids is 1. The highest BCUT2D eigenvalue weighted by molar-refractivity contribution is 6.04. The van der Waals surface area contributed by atoms with Crippen LogP contribution in [0, 0.1) is 17.2 Å². The summed E-state index contributed by atoms with van der Waals surface area (Å²) in [7, 11) is 0. The molecule has 2 N–H and O–H groups in total. The molecule has 0 unspecified atom stereocenters. The quantitative estimate of drug-likeness (QED) is 0.681. The van der Waals surface area contributed by atoms with E-state index in [-0.39, 0.29) is 11.9 Å². The molecule has 0 radical (unpaired) electrons. The van der Waals surface area contributed by atoms with Crippen LogP contribution in [-0.4, -0.2) is 32.0 Å². The van der Waals surface area contributed by atoms with Gasteiger partial charge in [0.25, 0.3) is 5.91 Å². The van der Waals surface area contributed by atoms with Crippen LogP contribution in [0.4, 0.5) is 0 Å². The van der Waals surface area contributed by atoms with Crippen molar-refractivity contribution in [1.82, 2.24) is 24.8 Å². The summed E-state index contributed by atoms with van der Waals surface area (Å²) >= 11 is 0. The van der Waals surface area contributed by atoms with Gasteiger partial charge in [0.1, 0.15) is 11.2 Å². The first kappa shape index (κ1) is 17.0. The second-order valence-corrected chi connectivity index (χ2v) is 7.85. The Morgan fingerprint density at radius 1 is 1.36 bits per heavy atom. The van der Waals surface area contributed by atoms with Crippen LogP contribution < -0.4 is 5.32 Å². The maximum atomic E-state index is 13.0. The van der Waals surface area contributed by atoms with Gasteiger partial charge < -0.3 is 14.9 Å². The molecule has 0 atom stereocenters. The van der Waals surface area contributed by atoms with E-state index in [1.165, 1.54) is 18.4 Å². The van der Waals surface area contributed by atoms with Crippen molar-refractivity contribution in [3.63, 3.8) is 0 Å². The summed E-state index contributed by atoms with van der Waals surface area (Å²) in [6.07, 6.45) is 11.2. The van der Waals surface area contributed by atoms with Crippen molar-refractivity contribution in [2.24, 2.45) is 5.92 Å². The number of fused-ring (bicyclic) bond motifs is 3. The molecule has 7 nitrogen and oxygen atoms in total. The Balaban J connectivity index is 1.58. The highest BCUT2D eigenvalue weighted by Gasteiger charge is 2.29. The second-order valence-electron chi connectivity index (χ2n) is 7.85. The lowest BCUT2D eigenvalue weighted by molar-refractivity contribution is 0.0934. The Hall–Kier alpha value is -3.14. The molecule has 7 heteroatoms. The summed E-state index contributed by atoms with van der Waals surface area (Å²) in [6.45, 7) is 0.722. The van der Waals surface area contributed by atoms with Crippen molar-refractivity contribution >= 4 is 28.0 Å². The van der Waals surface area contributed by atoms with E-state index in [0.29, 0.717) is 11.7 Å². The minimum absolute atomic E-state index is 0.106. The van der Waals surface area contributed by atoms with Crippen molar-refractivity contribution in [2.75, 3.05) is 6.54 Å². The highest BCUT2D eigenvalue weighted by atomic mass is 16.2. The number of nitrogens with zero attached hydrogens (tertiary/aromatic N) is 4. The van der Waals surface area contributed by atoms with Gasteiger partial charge in [0.15, 0.2) is 5.82 Å². The Labute approximate surface area is 162 Å². The molecule has 0 spiro atoms. The van der Waals surface area contributed by atoms with Crippen molar-refractivity contribution in [3.05, 3.63) is 35.9 Å². The summed E-state index contributed by atoms with van der Waals surface area (Å²) in [5.74, 6) is 0.988. The topological polar surface area (TPSA) is 99.4 Å². The first-order valence-electron chi connectivity index (χ1n) is 9.94. The van der Waals surface area contributed by atoms with Gasteiger partial charge in [-0.2, -0.15) is 5.26 Å². The number of hydrogen-bond acceptors (Lipinski definition) is 4. The zero-order valence-electron chi connectivity index (χ0n) is 15.6.